The Hall–Kier alpha value is -2.09. The molecule has 126 valence electrons. The monoisotopic (exact) mass is 331 g/mol. The van der Waals surface area contributed by atoms with Crippen LogP contribution >= 0.6 is 0 Å². The lowest BCUT2D eigenvalue weighted by Gasteiger charge is -2.26. The quantitative estimate of drug-likeness (QED) is 0.918. The number of benzene rings is 1. The molecule has 1 fully saturated rings. The number of rotatable bonds is 4. The van der Waals surface area contributed by atoms with Crippen molar-refractivity contribution in [3.63, 3.8) is 0 Å². The van der Waals surface area contributed by atoms with Gasteiger partial charge in [0.1, 0.15) is 6.61 Å². The van der Waals surface area contributed by atoms with Crippen LogP contribution in [0, 0.1) is 5.92 Å². The van der Waals surface area contributed by atoms with Gasteiger partial charge in [0.15, 0.2) is 6.10 Å². The molecule has 5 nitrogen and oxygen atoms in total. The second kappa shape index (κ2) is 6.57. The number of cyclic esters (lactones) is 1. The van der Waals surface area contributed by atoms with Crippen molar-refractivity contribution in [1.82, 2.24) is 4.90 Å². The molecule has 0 unspecified atom stereocenters. The maximum Gasteiger partial charge on any atom is 0.416 e. The van der Waals surface area contributed by atoms with Crippen molar-refractivity contribution >= 4 is 12.0 Å². The molecular weight excluding hydrogens is 315 g/mol. The molecule has 23 heavy (non-hydrogen) atoms. The van der Waals surface area contributed by atoms with E-state index in [-0.39, 0.29) is 13.0 Å². The van der Waals surface area contributed by atoms with Gasteiger partial charge in [0.25, 0.3) is 0 Å². The first kappa shape index (κ1) is 17.3. The molecule has 1 aromatic carbocycles. The standard InChI is InChI=1S/C15H16F3NO4/c1-9(12(20)15(16,17)18)13(21)19-11(8-23-14(19)22)7-10-5-3-2-4-6-10/h2-6,9,11-12,20H,7-8H2,1H3/t9-,11+,12-/m1/s1. The van der Waals surface area contributed by atoms with E-state index in [1.54, 1.807) is 30.3 Å². The van der Waals surface area contributed by atoms with E-state index in [4.69, 9.17) is 4.74 Å². The molecule has 1 aromatic rings. The SMILES string of the molecule is C[C@@H](C(=O)N1C(=O)OC[C@@H]1Cc1ccccc1)[C@@H](O)C(F)(F)F. The average molecular weight is 331 g/mol. The lowest BCUT2D eigenvalue weighted by molar-refractivity contribution is -0.219. The van der Waals surface area contributed by atoms with Gasteiger partial charge in [-0.15, -0.1) is 0 Å². The van der Waals surface area contributed by atoms with E-state index < -0.39 is 36.2 Å². The van der Waals surface area contributed by atoms with Gasteiger partial charge in [0.05, 0.1) is 12.0 Å². The van der Waals surface area contributed by atoms with E-state index in [1.807, 2.05) is 0 Å². The molecular formula is C15H16F3NO4. The van der Waals surface area contributed by atoms with E-state index in [0.717, 1.165) is 12.5 Å². The first-order valence-electron chi connectivity index (χ1n) is 7.00. The van der Waals surface area contributed by atoms with Gasteiger partial charge in [-0.3, -0.25) is 4.79 Å². The Morgan fingerprint density at radius 3 is 2.57 bits per heavy atom. The molecule has 3 atom stereocenters. The summed E-state index contributed by atoms with van der Waals surface area (Å²) >= 11 is 0. The Labute approximate surface area is 130 Å². The maximum atomic E-state index is 12.6. The number of amides is 2. The Balaban J connectivity index is 2.14. The summed E-state index contributed by atoms with van der Waals surface area (Å²) in [4.78, 5) is 24.6. The first-order chi connectivity index (χ1) is 10.7. The van der Waals surface area contributed by atoms with E-state index in [2.05, 4.69) is 0 Å². The fourth-order valence-corrected chi connectivity index (χ4v) is 2.40. The Morgan fingerprint density at radius 1 is 1.39 bits per heavy atom. The van der Waals surface area contributed by atoms with Crippen LogP contribution in [0.2, 0.25) is 0 Å². The molecule has 2 rings (SSSR count). The highest BCUT2D eigenvalue weighted by molar-refractivity contribution is 5.95. The minimum Gasteiger partial charge on any atom is -0.447 e. The molecule has 0 aromatic heterocycles. The molecule has 1 aliphatic rings. The zero-order valence-corrected chi connectivity index (χ0v) is 12.3. The van der Waals surface area contributed by atoms with E-state index in [1.165, 1.54) is 0 Å². The predicted octanol–water partition coefficient (Wildman–Crippen LogP) is 2.14. The second-order valence-electron chi connectivity index (χ2n) is 5.40. The highest BCUT2D eigenvalue weighted by atomic mass is 19.4. The zero-order valence-electron chi connectivity index (χ0n) is 12.3. The van der Waals surface area contributed by atoms with Crippen LogP contribution in [0.3, 0.4) is 0 Å². The molecule has 8 heteroatoms. The maximum absolute atomic E-state index is 12.6. The summed E-state index contributed by atoms with van der Waals surface area (Å²) in [5.41, 5.74) is 0.817. The van der Waals surface area contributed by atoms with Crippen molar-refractivity contribution in [2.75, 3.05) is 6.61 Å². The molecule has 1 saturated heterocycles. The Morgan fingerprint density at radius 2 is 2.00 bits per heavy atom. The number of carbonyl (C=O) groups excluding carboxylic acids is 2. The largest absolute Gasteiger partial charge is 0.447 e. The van der Waals surface area contributed by atoms with Crippen LogP contribution in [0.5, 0.6) is 0 Å². The minimum absolute atomic E-state index is 0.0890. The van der Waals surface area contributed by atoms with Gasteiger partial charge < -0.3 is 9.84 Å². The number of aliphatic hydroxyl groups excluding tert-OH is 1. The van der Waals surface area contributed by atoms with Crippen LogP contribution in [0.25, 0.3) is 0 Å². The lowest BCUT2D eigenvalue weighted by atomic mass is 10.0. The number of hydrogen-bond acceptors (Lipinski definition) is 4. The summed E-state index contributed by atoms with van der Waals surface area (Å²) in [6.45, 7) is 0.847. The van der Waals surface area contributed by atoms with Crippen LogP contribution < -0.4 is 0 Å². The Bertz CT molecular complexity index is 576. The van der Waals surface area contributed by atoms with Gasteiger partial charge >= 0.3 is 12.3 Å². The molecule has 1 heterocycles. The smallest absolute Gasteiger partial charge is 0.416 e. The summed E-state index contributed by atoms with van der Waals surface area (Å²) in [5, 5.41) is 9.22. The van der Waals surface area contributed by atoms with Crippen LogP contribution in [0.1, 0.15) is 12.5 Å². The summed E-state index contributed by atoms with van der Waals surface area (Å²) in [6, 6.07) is 8.20. The summed E-state index contributed by atoms with van der Waals surface area (Å²) < 4.78 is 42.4. The number of imide groups is 1. The Kier molecular flexibility index (Phi) is 4.93. The predicted molar refractivity (Wildman–Crippen MR) is 73.4 cm³/mol. The van der Waals surface area contributed by atoms with Gasteiger partial charge in [-0.25, -0.2) is 9.69 Å². The van der Waals surface area contributed by atoms with E-state index in [0.29, 0.717) is 4.90 Å². The van der Waals surface area contributed by atoms with Crippen LogP contribution in [0.4, 0.5) is 18.0 Å². The molecule has 0 bridgehead atoms. The fourth-order valence-electron chi connectivity index (χ4n) is 2.40. The van der Waals surface area contributed by atoms with Gasteiger partial charge in [0, 0.05) is 0 Å². The molecule has 0 saturated carbocycles. The van der Waals surface area contributed by atoms with Crippen molar-refractivity contribution < 1.29 is 32.6 Å². The number of aliphatic hydroxyl groups is 1. The summed E-state index contributed by atoms with van der Waals surface area (Å²) in [7, 11) is 0. The van der Waals surface area contributed by atoms with Crippen LogP contribution in [-0.4, -0.2) is 46.9 Å². The summed E-state index contributed by atoms with van der Waals surface area (Å²) in [6.07, 6.45) is -8.49. The van der Waals surface area contributed by atoms with Crippen molar-refractivity contribution in [3.05, 3.63) is 35.9 Å². The third-order valence-corrected chi connectivity index (χ3v) is 3.71. The van der Waals surface area contributed by atoms with Gasteiger partial charge in [-0.05, 0) is 12.0 Å². The third-order valence-electron chi connectivity index (χ3n) is 3.71. The molecule has 1 N–H and O–H groups in total. The third kappa shape index (κ3) is 3.82. The van der Waals surface area contributed by atoms with Gasteiger partial charge in [0.2, 0.25) is 5.91 Å². The van der Waals surface area contributed by atoms with Crippen molar-refractivity contribution in [2.45, 2.75) is 31.7 Å². The zero-order chi connectivity index (χ0) is 17.2. The number of carbonyl (C=O) groups is 2. The van der Waals surface area contributed by atoms with Crippen LogP contribution in [-0.2, 0) is 16.0 Å². The van der Waals surface area contributed by atoms with Gasteiger partial charge in [-0.2, -0.15) is 13.2 Å². The number of halogens is 3. The van der Waals surface area contributed by atoms with Crippen molar-refractivity contribution in [3.8, 4) is 0 Å². The highest BCUT2D eigenvalue weighted by Gasteiger charge is 2.48. The van der Waals surface area contributed by atoms with Crippen molar-refractivity contribution in [1.29, 1.82) is 0 Å². The van der Waals surface area contributed by atoms with Gasteiger partial charge in [-0.1, -0.05) is 37.3 Å². The number of ether oxygens (including phenoxy) is 1. The second-order valence-corrected chi connectivity index (χ2v) is 5.40. The summed E-state index contributed by atoms with van der Waals surface area (Å²) in [5.74, 6) is -2.89. The topological polar surface area (TPSA) is 66.8 Å². The minimum atomic E-state index is -4.94. The molecule has 1 aliphatic heterocycles. The molecule has 0 spiro atoms. The molecule has 0 radical (unpaired) electrons. The number of alkyl halides is 3. The number of hydrogen-bond donors (Lipinski definition) is 1. The first-order valence-corrected chi connectivity index (χ1v) is 7.00. The highest BCUT2D eigenvalue weighted by Crippen LogP contribution is 2.28. The normalized spacial score (nSPS) is 21.0. The van der Waals surface area contributed by atoms with Crippen molar-refractivity contribution in [2.24, 2.45) is 5.92 Å². The van der Waals surface area contributed by atoms with E-state index >= 15 is 0 Å². The van der Waals surface area contributed by atoms with E-state index in [9.17, 15) is 27.9 Å². The fraction of sp³-hybridized carbons (Fsp3) is 0.467. The lowest BCUT2D eigenvalue weighted by Crippen LogP contribution is -2.48. The van der Waals surface area contributed by atoms with Crippen LogP contribution in [0.15, 0.2) is 30.3 Å². The molecule has 2 amide bonds. The number of nitrogens with zero attached hydrogens (tertiary/aromatic N) is 1. The molecule has 0 aliphatic carbocycles. The average Bonchev–Trinajstić information content (AvgIpc) is 2.85.